The highest BCUT2D eigenvalue weighted by Gasteiger charge is 2.13. The second kappa shape index (κ2) is 5.63. The molecule has 0 radical (unpaired) electrons. The van der Waals surface area contributed by atoms with E-state index < -0.39 is 0 Å². The number of nitrogens with zero attached hydrogens (tertiary/aromatic N) is 2. The Bertz CT molecular complexity index is 694. The summed E-state index contributed by atoms with van der Waals surface area (Å²) >= 11 is 12.0. The molecule has 0 aromatic heterocycles. The summed E-state index contributed by atoms with van der Waals surface area (Å²) in [6, 6.07) is 13.6. The standard InChI is InChI=1S/C14H6Cl2N2O/c15-11-4-2-5-12(16)14(11)19-13-6-1-3-9(7-17)10(13)8-18/h1-6H. The van der Waals surface area contributed by atoms with Crippen molar-refractivity contribution in [3.05, 3.63) is 57.6 Å². The highest BCUT2D eigenvalue weighted by atomic mass is 35.5. The Hall–Kier alpha value is -2.20. The van der Waals surface area contributed by atoms with Crippen molar-refractivity contribution in [2.45, 2.75) is 0 Å². The molecule has 0 spiro atoms. The van der Waals surface area contributed by atoms with Crippen molar-refractivity contribution in [2.75, 3.05) is 0 Å². The van der Waals surface area contributed by atoms with Crippen LogP contribution in [0, 0.1) is 22.7 Å². The third-order valence-electron chi connectivity index (χ3n) is 2.39. The highest BCUT2D eigenvalue weighted by Crippen LogP contribution is 2.37. The van der Waals surface area contributed by atoms with E-state index in [9.17, 15) is 0 Å². The lowest BCUT2D eigenvalue weighted by Crippen LogP contribution is -1.92. The van der Waals surface area contributed by atoms with Crippen LogP contribution in [0.15, 0.2) is 36.4 Å². The second-order valence-corrected chi connectivity index (χ2v) is 4.37. The van der Waals surface area contributed by atoms with Crippen LogP contribution < -0.4 is 4.74 Å². The topological polar surface area (TPSA) is 56.8 Å². The predicted molar refractivity (Wildman–Crippen MR) is 72.4 cm³/mol. The van der Waals surface area contributed by atoms with Crippen LogP contribution in [-0.4, -0.2) is 0 Å². The molecule has 92 valence electrons. The average molecular weight is 289 g/mol. The summed E-state index contributed by atoms with van der Waals surface area (Å²) < 4.78 is 5.57. The molecule has 0 saturated carbocycles. The average Bonchev–Trinajstić information content (AvgIpc) is 2.42. The van der Waals surface area contributed by atoms with E-state index >= 15 is 0 Å². The summed E-state index contributed by atoms with van der Waals surface area (Å²) in [5, 5.41) is 18.7. The fourth-order valence-corrected chi connectivity index (χ4v) is 1.99. The van der Waals surface area contributed by atoms with Crippen LogP contribution in [0.5, 0.6) is 11.5 Å². The van der Waals surface area contributed by atoms with E-state index in [1.165, 1.54) is 0 Å². The molecule has 0 aliphatic rings. The molecule has 0 atom stereocenters. The van der Waals surface area contributed by atoms with Gasteiger partial charge in [-0.2, -0.15) is 10.5 Å². The van der Waals surface area contributed by atoms with Crippen LogP contribution >= 0.6 is 23.2 Å². The minimum atomic E-state index is 0.154. The van der Waals surface area contributed by atoms with Crippen LogP contribution in [0.1, 0.15) is 11.1 Å². The van der Waals surface area contributed by atoms with Crippen molar-refractivity contribution < 1.29 is 4.74 Å². The molecule has 0 aliphatic carbocycles. The molecule has 5 heteroatoms. The maximum Gasteiger partial charge on any atom is 0.164 e. The lowest BCUT2D eigenvalue weighted by atomic mass is 10.1. The summed E-state index contributed by atoms with van der Waals surface area (Å²) in [5.41, 5.74) is 0.393. The Kier molecular flexibility index (Phi) is 3.92. The normalized spacial score (nSPS) is 9.47. The Morgan fingerprint density at radius 3 is 2.11 bits per heavy atom. The van der Waals surface area contributed by atoms with Crippen molar-refractivity contribution in [3.8, 4) is 23.6 Å². The first-order valence-electron chi connectivity index (χ1n) is 5.22. The van der Waals surface area contributed by atoms with Gasteiger partial charge in [0.15, 0.2) is 5.75 Å². The molecule has 0 bridgehead atoms. The van der Waals surface area contributed by atoms with Crippen molar-refractivity contribution in [3.63, 3.8) is 0 Å². The van der Waals surface area contributed by atoms with Gasteiger partial charge in [0.25, 0.3) is 0 Å². The summed E-state index contributed by atoms with van der Waals surface area (Å²) in [6.07, 6.45) is 0. The first-order chi connectivity index (χ1) is 9.17. The zero-order chi connectivity index (χ0) is 13.8. The van der Waals surface area contributed by atoms with Crippen LogP contribution in [-0.2, 0) is 0 Å². The number of para-hydroxylation sites is 1. The molecule has 0 heterocycles. The molecule has 0 saturated heterocycles. The third-order valence-corrected chi connectivity index (χ3v) is 2.98. The Balaban J connectivity index is 2.51. The van der Waals surface area contributed by atoms with Crippen LogP contribution in [0.2, 0.25) is 10.0 Å². The molecule has 19 heavy (non-hydrogen) atoms. The fourth-order valence-electron chi connectivity index (χ4n) is 1.51. The number of halogens is 2. The summed E-state index contributed by atoms with van der Waals surface area (Å²) in [5.74, 6) is 0.508. The molecule has 0 unspecified atom stereocenters. The minimum absolute atomic E-state index is 0.154. The van der Waals surface area contributed by atoms with Crippen LogP contribution in [0.25, 0.3) is 0 Å². The molecule has 3 nitrogen and oxygen atoms in total. The lowest BCUT2D eigenvalue weighted by Gasteiger charge is -2.10. The molecule has 2 rings (SSSR count). The van der Waals surface area contributed by atoms with Crippen molar-refractivity contribution in [2.24, 2.45) is 0 Å². The molecule has 0 amide bonds. The zero-order valence-electron chi connectivity index (χ0n) is 9.52. The van der Waals surface area contributed by atoms with E-state index in [1.807, 2.05) is 12.1 Å². The van der Waals surface area contributed by atoms with E-state index in [0.29, 0.717) is 10.0 Å². The number of nitriles is 2. The maximum absolute atomic E-state index is 9.10. The molecule has 2 aromatic rings. The minimum Gasteiger partial charge on any atom is -0.453 e. The van der Waals surface area contributed by atoms with Crippen LogP contribution in [0.4, 0.5) is 0 Å². The zero-order valence-corrected chi connectivity index (χ0v) is 11.0. The van der Waals surface area contributed by atoms with E-state index in [-0.39, 0.29) is 22.6 Å². The summed E-state index contributed by atoms with van der Waals surface area (Å²) in [6.45, 7) is 0. The van der Waals surface area contributed by atoms with Gasteiger partial charge in [-0.1, -0.05) is 35.3 Å². The van der Waals surface area contributed by atoms with Gasteiger partial charge in [0.05, 0.1) is 15.6 Å². The van der Waals surface area contributed by atoms with E-state index in [0.717, 1.165) is 0 Å². The van der Waals surface area contributed by atoms with Gasteiger partial charge < -0.3 is 4.74 Å². The largest absolute Gasteiger partial charge is 0.453 e. The first kappa shape index (κ1) is 13.2. The Morgan fingerprint density at radius 1 is 0.895 bits per heavy atom. The maximum atomic E-state index is 9.10. The van der Waals surface area contributed by atoms with Gasteiger partial charge in [0.1, 0.15) is 23.5 Å². The molecule has 0 aliphatic heterocycles. The lowest BCUT2D eigenvalue weighted by molar-refractivity contribution is 0.481. The van der Waals surface area contributed by atoms with Gasteiger partial charge in [-0.15, -0.1) is 0 Å². The van der Waals surface area contributed by atoms with Gasteiger partial charge in [-0.25, -0.2) is 0 Å². The number of ether oxygens (including phenoxy) is 1. The summed E-state index contributed by atoms with van der Waals surface area (Å²) in [4.78, 5) is 0. The summed E-state index contributed by atoms with van der Waals surface area (Å²) in [7, 11) is 0. The number of benzene rings is 2. The van der Waals surface area contributed by atoms with E-state index in [4.69, 9.17) is 38.5 Å². The van der Waals surface area contributed by atoms with Crippen LogP contribution in [0.3, 0.4) is 0 Å². The Morgan fingerprint density at radius 2 is 1.53 bits per heavy atom. The molecular weight excluding hydrogens is 283 g/mol. The van der Waals surface area contributed by atoms with E-state index in [1.54, 1.807) is 36.4 Å². The predicted octanol–water partition coefficient (Wildman–Crippen LogP) is 4.53. The molecule has 0 N–H and O–H groups in total. The number of rotatable bonds is 2. The smallest absolute Gasteiger partial charge is 0.164 e. The van der Waals surface area contributed by atoms with Crippen molar-refractivity contribution in [1.82, 2.24) is 0 Å². The third kappa shape index (κ3) is 2.63. The monoisotopic (exact) mass is 288 g/mol. The fraction of sp³-hybridized carbons (Fsp3) is 0. The highest BCUT2D eigenvalue weighted by molar-refractivity contribution is 6.37. The van der Waals surface area contributed by atoms with Gasteiger partial charge in [0, 0.05) is 0 Å². The van der Waals surface area contributed by atoms with Gasteiger partial charge in [-0.3, -0.25) is 0 Å². The van der Waals surface area contributed by atoms with Crippen molar-refractivity contribution in [1.29, 1.82) is 10.5 Å². The first-order valence-corrected chi connectivity index (χ1v) is 5.98. The quantitative estimate of drug-likeness (QED) is 0.816. The number of hydrogen-bond donors (Lipinski definition) is 0. The molecule has 2 aromatic carbocycles. The second-order valence-electron chi connectivity index (χ2n) is 3.56. The van der Waals surface area contributed by atoms with E-state index in [2.05, 4.69) is 0 Å². The number of hydrogen-bond acceptors (Lipinski definition) is 3. The molecular formula is C14H6Cl2N2O. The van der Waals surface area contributed by atoms with Gasteiger partial charge >= 0.3 is 0 Å². The molecule has 0 fully saturated rings. The van der Waals surface area contributed by atoms with Gasteiger partial charge in [0.2, 0.25) is 0 Å². The Labute approximate surface area is 120 Å². The SMILES string of the molecule is N#Cc1cccc(Oc2c(Cl)cccc2Cl)c1C#N. The van der Waals surface area contributed by atoms with Gasteiger partial charge in [-0.05, 0) is 24.3 Å². The van der Waals surface area contributed by atoms with Crippen molar-refractivity contribution >= 4 is 23.2 Å².